The number of nitrogens with zero attached hydrogens (tertiary/aromatic N) is 1. The molecule has 0 aromatic heterocycles. The van der Waals surface area contributed by atoms with Crippen LogP contribution in [0.25, 0.3) is 0 Å². The summed E-state index contributed by atoms with van der Waals surface area (Å²) in [6.07, 6.45) is 3.99. The maximum absolute atomic E-state index is 5.54. The van der Waals surface area contributed by atoms with E-state index in [1.807, 2.05) is 6.92 Å². The van der Waals surface area contributed by atoms with Crippen LogP contribution in [0.2, 0.25) is 0 Å². The van der Waals surface area contributed by atoms with Crippen LogP contribution in [0.1, 0.15) is 51.6 Å². The number of nitrogens with one attached hydrogen (secondary N) is 1. The summed E-state index contributed by atoms with van der Waals surface area (Å²) in [4.78, 5) is 2.66. The van der Waals surface area contributed by atoms with Gasteiger partial charge in [-0.05, 0) is 57.0 Å². The summed E-state index contributed by atoms with van der Waals surface area (Å²) in [5, 5.41) is 3.64. The van der Waals surface area contributed by atoms with Crippen LogP contribution < -0.4 is 10.1 Å². The van der Waals surface area contributed by atoms with Crippen molar-refractivity contribution in [1.29, 1.82) is 0 Å². The lowest BCUT2D eigenvalue weighted by Gasteiger charge is -2.28. The van der Waals surface area contributed by atoms with Gasteiger partial charge in [0.15, 0.2) is 0 Å². The second kappa shape index (κ2) is 8.40. The third-order valence-electron chi connectivity index (χ3n) is 4.04. The molecule has 1 aliphatic rings. The van der Waals surface area contributed by atoms with Crippen LogP contribution in [0.15, 0.2) is 24.3 Å². The molecule has 118 valence electrons. The summed E-state index contributed by atoms with van der Waals surface area (Å²) < 4.78 is 5.54. The van der Waals surface area contributed by atoms with Gasteiger partial charge in [-0.3, -0.25) is 4.90 Å². The van der Waals surface area contributed by atoms with Gasteiger partial charge in [0.05, 0.1) is 6.61 Å². The van der Waals surface area contributed by atoms with Gasteiger partial charge >= 0.3 is 0 Å². The molecule has 0 amide bonds. The van der Waals surface area contributed by atoms with E-state index in [0.717, 1.165) is 31.5 Å². The molecule has 1 unspecified atom stereocenters. The summed E-state index contributed by atoms with van der Waals surface area (Å²) in [6.45, 7) is 10.5. The van der Waals surface area contributed by atoms with Crippen LogP contribution in [0, 0.1) is 0 Å². The lowest BCUT2D eigenvalue weighted by Crippen LogP contribution is -2.37. The van der Waals surface area contributed by atoms with Gasteiger partial charge in [-0.2, -0.15) is 0 Å². The third-order valence-corrected chi connectivity index (χ3v) is 4.04. The lowest BCUT2D eigenvalue weighted by atomic mass is 10.1. The Morgan fingerprint density at radius 2 is 1.90 bits per heavy atom. The van der Waals surface area contributed by atoms with Gasteiger partial charge in [0.25, 0.3) is 0 Å². The van der Waals surface area contributed by atoms with E-state index in [0.29, 0.717) is 6.04 Å². The Balaban J connectivity index is 2.02. The van der Waals surface area contributed by atoms with Crippen molar-refractivity contribution in [3.8, 4) is 5.75 Å². The monoisotopic (exact) mass is 290 g/mol. The summed E-state index contributed by atoms with van der Waals surface area (Å²) in [6, 6.07) is 9.83. The fourth-order valence-corrected chi connectivity index (χ4v) is 2.88. The van der Waals surface area contributed by atoms with E-state index in [4.69, 9.17) is 4.74 Å². The highest BCUT2D eigenvalue weighted by Crippen LogP contribution is 2.29. The molecular formula is C18H30N2O. The minimum absolute atomic E-state index is 0.415. The zero-order valence-corrected chi connectivity index (χ0v) is 13.8. The highest BCUT2D eigenvalue weighted by molar-refractivity contribution is 5.29. The number of ether oxygens (including phenoxy) is 1. The van der Waals surface area contributed by atoms with Crippen molar-refractivity contribution in [2.75, 3.05) is 26.2 Å². The van der Waals surface area contributed by atoms with Gasteiger partial charge < -0.3 is 10.1 Å². The molecule has 1 fully saturated rings. The molecule has 1 atom stereocenters. The highest BCUT2D eigenvalue weighted by atomic mass is 16.5. The first kappa shape index (κ1) is 16.3. The van der Waals surface area contributed by atoms with Crippen molar-refractivity contribution in [3.63, 3.8) is 0 Å². The maximum Gasteiger partial charge on any atom is 0.119 e. The molecule has 2 rings (SSSR count). The van der Waals surface area contributed by atoms with Crippen molar-refractivity contribution in [1.82, 2.24) is 10.2 Å². The first-order chi connectivity index (χ1) is 10.3. The van der Waals surface area contributed by atoms with E-state index in [9.17, 15) is 0 Å². The Labute approximate surface area is 129 Å². The molecule has 0 bridgehead atoms. The molecule has 3 nitrogen and oxygen atoms in total. The van der Waals surface area contributed by atoms with E-state index in [2.05, 4.69) is 48.3 Å². The zero-order valence-electron chi connectivity index (χ0n) is 13.8. The Morgan fingerprint density at radius 3 is 2.43 bits per heavy atom. The number of hydrogen-bond acceptors (Lipinski definition) is 3. The van der Waals surface area contributed by atoms with Crippen LogP contribution in [-0.2, 0) is 0 Å². The summed E-state index contributed by atoms with van der Waals surface area (Å²) in [5.74, 6) is 0.962. The molecule has 21 heavy (non-hydrogen) atoms. The van der Waals surface area contributed by atoms with Gasteiger partial charge in [-0.15, -0.1) is 0 Å². The lowest BCUT2D eigenvalue weighted by molar-refractivity contribution is 0.234. The van der Waals surface area contributed by atoms with E-state index in [1.165, 1.54) is 31.4 Å². The van der Waals surface area contributed by atoms with Crippen LogP contribution in [0.5, 0.6) is 5.75 Å². The summed E-state index contributed by atoms with van der Waals surface area (Å²) in [5.41, 5.74) is 1.36. The molecule has 0 heterocycles. The summed E-state index contributed by atoms with van der Waals surface area (Å²) >= 11 is 0. The molecule has 1 aliphatic carbocycles. The Hall–Kier alpha value is -1.06. The van der Waals surface area contributed by atoms with Crippen molar-refractivity contribution >= 4 is 0 Å². The number of likely N-dealkylation sites (N-methyl/N-ethyl adjacent to an activating group) is 1. The van der Waals surface area contributed by atoms with Gasteiger partial charge in [0, 0.05) is 18.6 Å². The second-order valence-corrected chi connectivity index (χ2v) is 5.84. The average molecular weight is 290 g/mol. The number of hydrogen-bond donors (Lipinski definition) is 1. The van der Waals surface area contributed by atoms with Crippen molar-refractivity contribution in [3.05, 3.63) is 29.8 Å². The predicted octanol–water partition coefficient (Wildman–Crippen LogP) is 3.61. The SMILES string of the molecule is CCCN(CC(NCC)c1ccc(OCC)cc1)C1CC1. The van der Waals surface area contributed by atoms with Gasteiger partial charge in [0.2, 0.25) is 0 Å². The molecule has 1 N–H and O–H groups in total. The first-order valence-corrected chi connectivity index (χ1v) is 8.48. The van der Waals surface area contributed by atoms with E-state index < -0.39 is 0 Å². The fourth-order valence-electron chi connectivity index (χ4n) is 2.88. The average Bonchev–Trinajstić information content (AvgIpc) is 3.32. The Bertz CT molecular complexity index is 400. The number of rotatable bonds is 10. The Kier molecular flexibility index (Phi) is 6.52. The topological polar surface area (TPSA) is 24.5 Å². The maximum atomic E-state index is 5.54. The van der Waals surface area contributed by atoms with Crippen molar-refractivity contribution in [2.24, 2.45) is 0 Å². The van der Waals surface area contributed by atoms with Crippen molar-refractivity contribution in [2.45, 2.75) is 52.1 Å². The zero-order chi connectivity index (χ0) is 15.1. The molecule has 0 saturated heterocycles. The first-order valence-electron chi connectivity index (χ1n) is 8.48. The molecule has 0 radical (unpaired) electrons. The largest absolute Gasteiger partial charge is 0.494 e. The van der Waals surface area contributed by atoms with E-state index in [1.54, 1.807) is 0 Å². The normalized spacial score (nSPS) is 16.2. The van der Waals surface area contributed by atoms with Gasteiger partial charge in [-0.1, -0.05) is 26.0 Å². The van der Waals surface area contributed by atoms with Gasteiger partial charge in [-0.25, -0.2) is 0 Å². The molecular weight excluding hydrogens is 260 g/mol. The molecule has 3 heteroatoms. The van der Waals surface area contributed by atoms with Crippen LogP contribution >= 0.6 is 0 Å². The smallest absolute Gasteiger partial charge is 0.119 e. The minimum atomic E-state index is 0.415. The van der Waals surface area contributed by atoms with Crippen LogP contribution in [0.4, 0.5) is 0 Å². The Morgan fingerprint density at radius 1 is 1.19 bits per heavy atom. The predicted molar refractivity (Wildman–Crippen MR) is 88.9 cm³/mol. The third kappa shape index (κ3) is 5.01. The highest BCUT2D eigenvalue weighted by Gasteiger charge is 2.30. The van der Waals surface area contributed by atoms with Crippen LogP contribution in [0.3, 0.4) is 0 Å². The van der Waals surface area contributed by atoms with E-state index >= 15 is 0 Å². The molecule has 0 aliphatic heterocycles. The molecule has 1 saturated carbocycles. The molecule has 0 spiro atoms. The molecule has 1 aromatic carbocycles. The quantitative estimate of drug-likeness (QED) is 0.712. The minimum Gasteiger partial charge on any atom is -0.494 e. The second-order valence-electron chi connectivity index (χ2n) is 5.84. The fraction of sp³-hybridized carbons (Fsp3) is 0.667. The van der Waals surface area contributed by atoms with Gasteiger partial charge in [0.1, 0.15) is 5.75 Å². The summed E-state index contributed by atoms with van der Waals surface area (Å²) in [7, 11) is 0. The molecule has 1 aromatic rings. The van der Waals surface area contributed by atoms with Crippen LogP contribution in [-0.4, -0.2) is 37.2 Å². The van der Waals surface area contributed by atoms with E-state index in [-0.39, 0.29) is 0 Å². The standard InChI is InChI=1S/C18H30N2O/c1-4-13-20(16-9-10-16)14-18(19-5-2)15-7-11-17(12-8-15)21-6-3/h7-8,11-12,16,18-19H,4-6,9-10,13-14H2,1-3H3. The van der Waals surface area contributed by atoms with Crippen molar-refractivity contribution < 1.29 is 4.74 Å². The number of benzene rings is 1.